The number of hydrogen-bond donors (Lipinski definition) is 3. The van der Waals surface area contributed by atoms with Crippen LogP contribution in [-0.4, -0.2) is 108 Å². The Bertz CT molecular complexity index is 567. The molecule has 1 atom stereocenters. The monoisotopic (exact) mass is 544 g/mol. The van der Waals surface area contributed by atoms with Gasteiger partial charge in [-0.3, -0.25) is 14.2 Å². The molecule has 13 heteroatoms. The van der Waals surface area contributed by atoms with Gasteiger partial charge in [-0.05, 0) is 19.1 Å². The number of ether oxygens (including phenoxy) is 4. The number of hydrogen-bond acceptors (Lipinski definition) is 9. The highest BCUT2D eigenvalue weighted by molar-refractivity contribution is 7.98. The molecule has 0 aliphatic heterocycles. The second-order valence-electron chi connectivity index (χ2n) is 7.69. The van der Waals surface area contributed by atoms with E-state index in [-0.39, 0.29) is 18.4 Å². The van der Waals surface area contributed by atoms with Gasteiger partial charge in [0.15, 0.2) is 0 Å². The fourth-order valence-corrected chi connectivity index (χ4v) is 3.46. The maximum atomic E-state index is 11.7. The van der Waals surface area contributed by atoms with E-state index in [2.05, 4.69) is 10.6 Å². The third-order valence-corrected chi connectivity index (χ3v) is 5.69. The highest BCUT2D eigenvalue weighted by atomic mass is 32.2. The largest absolute Gasteiger partial charge is 0.379 e. The van der Waals surface area contributed by atoms with Gasteiger partial charge in [0.25, 0.3) is 0 Å². The van der Waals surface area contributed by atoms with Crippen molar-refractivity contribution >= 4 is 31.2 Å². The Morgan fingerprint density at radius 3 is 1.83 bits per heavy atom. The SMILES string of the molecule is CSCCC(=O)NCCOCCOCCOCCOCCC(=O)NCCCCCCOP(C)(=O)O. The Morgan fingerprint density at radius 2 is 1.23 bits per heavy atom. The van der Waals surface area contributed by atoms with Gasteiger partial charge in [0, 0.05) is 38.3 Å². The molecule has 35 heavy (non-hydrogen) atoms. The van der Waals surface area contributed by atoms with Gasteiger partial charge in [-0.25, -0.2) is 0 Å². The number of nitrogens with one attached hydrogen (secondary N) is 2. The van der Waals surface area contributed by atoms with E-state index in [1.807, 2.05) is 6.26 Å². The van der Waals surface area contributed by atoms with Crippen LogP contribution >= 0.6 is 19.4 Å². The molecule has 0 aliphatic carbocycles. The fraction of sp³-hybridized carbons (Fsp3) is 0.909. The number of thioether (sulfide) groups is 1. The molecule has 2 amide bonds. The summed E-state index contributed by atoms with van der Waals surface area (Å²) in [5.41, 5.74) is 0. The topological polar surface area (TPSA) is 142 Å². The van der Waals surface area contributed by atoms with Crippen LogP contribution in [0.25, 0.3) is 0 Å². The Morgan fingerprint density at radius 1 is 0.714 bits per heavy atom. The Balaban J connectivity index is 3.22. The van der Waals surface area contributed by atoms with Crippen molar-refractivity contribution < 1.29 is 42.5 Å². The predicted octanol–water partition coefficient (Wildman–Crippen LogP) is 1.82. The van der Waals surface area contributed by atoms with Crippen molar-refractivity contribution in [3.05, 3.63) is 0 Å². The fourth-order valence-electron chi connectivity index (χ4n) is 2.60. The summed E-state index contributed by atoms with van der Waals surface area (Å²) in [6, 6.07) is 0. The molecule has 0 rings (SSSR count). The minimum Gasteiger partial charge on any atom is -0.379 e. The smallest absolute Gasteiger partial charge is 0.325 e. The summed E-state index contributed by atoms with van der Waals surface area (Å²) < 4.78 is 37.3. The van der Waals surface area contributed by atoms with E-state index in [1.165, 1.54) is 6.66 Å². The van der Waals surface area contributed by atoms with Crippen molar-refractivity contribution in [2.45, 2.75) is 38.5 Å². The van der Waals surface area contributed by atoms with Crippen LogP contribution in [0.5, 0.6) is 0 Å². The summed E-state index contributed by atoms with van der Waals surface area (Å²) in [5.74, 6) is 0.826. The van der Waals surface area contributed by atoms with Crippen LogP contribution < -0.4 is 10.6 Å². The lowest BCUT2D eigenvalue weighted by molar-refractivity contribution is -0.122. The highest BCUT2D eigenvalue weighted by Crippen LogP contribution is 2.36. The van der Waals surface area contributed by atoms with Gasteiger partial charge in [-0.1, -0.05) is 12.8 Å². The molecular weight excluding hydrogens is 499 g/mol. The van der Waals surface area contributed by atoms with Crippen LogP contribution in [0.2, 0.25) is 0 Å². The molecule has 0 aromatic heterocycles. The summed E-state index contributed by atoms with van der Waals surface area (Å²) in [5, 5.41) is 5.64. The zero-order chi connectivity index (χ0) is 26.0. The predicted molar refractivity (Wildman–Crippen MR) is 137 cm³/mol. The van der Waals surface area contributed by atoms with Crippen LogP contribution in [0.1, 0.15) is 38.5 Å². The standard InChI is InChI=1S/C22H45N2O9PS/c1-34(27,28)33-11-6-4-3-5-9-23-21(25)7-12-29-14-16-31-18-19-32-17-15-30-13-10-24-22(26)8-20-35-2/h3-20H2,1-2H3,(H,23,25)(H,24,26)(H,27,28). The van der Waals surface area contributed by atoms with E-state index >= 15 is 0 Å². The van der Waals surface area contributed by atoms with Crippen molar-refractivity contribution in [2.75, 3.05) is 91.2 Å². The number of rotatable bonds is 26. The lowest BCUT2D eigenvalue weighted by Crippen LogP contribution is -2.27. The Hall–Kier alpha value is -0.720. The molecule has 0 heterocycles. The molecule has 0 bridgehead atoms. The maximum absolute atomic E-state index is 11.7. The van der Waals surface area contributed by atoms with E-state index in [4.69, 9.17) is 28.4 Å². The van der Waals surface area contributed by atoms with Crippen molar-refractivity contribution in [1.82, 2.24) is 10.6 Å². The van der Waals surface area contributed by atoms with Crippen LogP contribution in [0, 0.1) is 0 Å². The minimum absolute atomic E-state index is 0.0463. The van der Waals surface area contributed by atoms with Gasteiger partial charge in [-0.2, -0.15) is 11.8 Å². The van der Waals surface area contributed by atoms with Crippen LogP contribution in [-0.2, 0) is 37.6 Å². The first kappa shape index (κ1) is 34.3. The molecule has 0 radical (unpaired) electrons. The van der Waals surface area contributed by atoms with E-state index in [0.29, 0.717) is 78.8 Å². The average molecular weight is 545 g/mol. The third kappa shape index (κ3) is 29.4. The molecule has 3 N–H and O–H groups in total. The second kappa shape index (κ2) is 25.0. The van der Waals surface area contributed by atoms with Crippen molar-refractivity contribution in [3.8, 4) is 0 Å². The summed E-state index contributed by atoms with van der Waals surface area (Å²) in [6.07, 6.45) is 6.20. The van der Waals surface area contributed by atoms with E-state index < -0.39 is 7.60 Å². The Kier molecular flexibility index (Phi) is 24.4. The summed E-state index contributed by atoms with van der Waals surface area (Å²) in [6.45, 7) is 6.09. The lowest BCUT2D eigenvalue weighted by atomic mass is 10.2. The molecular formula is C22H45N2O9PS. The van der Waals surface area contributed by atoms with E-state index in [0.717, 1.165) is 31.4 Å². The van der Waals surface area contributed by atoms with Crippen molar-refractivity contribution in [1.29, 1.82) is 0 Å². The van der Waals surface area contributed by atoms with Crippen molar-refractivity contribution in [2.24, 2.45) is 0 Å². The Labute approximate surface area is 214 Å². The molecule has 0 fully saturated rings. The van der Waals surface area contributed by atoms with E-state index in [9.17, 15) is 14.2 Å². The van der Waals surface area contributed by atoms with E-state index in [1.54, 1.807) is 11.8 Å². The number of carbonyl (C=O) groups is 2. The lowest BCUT2D eigenvalue weighted by Gasteiger charge is -2.08. The molecule has 0 aromatic rings. The quantitative estimate of drug-likeness (QED) is 0.109. The zero-order valence-corrected chi connectivity index (χ0v) is 23.0. The molecule has 0 spiro atoms. The highest BCUT2D eigenvalue weighted by Gasteiger charge is 2.08. The average Bonchev–Trinajstić information content (AvgIpc) is 2.81. The molecule has 0 aliphatic rings. The first-order valence-corrected chi connectivity index (χ1v) is 15.5. The minimum atomic E-state index is -3.37. The van der Waals surface area contributed by atoms with Gasteiger partial charge >= 0.3 is 7.60 Å². The molecule has 0 saturated carbocycles. The first-order chi connectivity index (χ1) is 16.8. The van der Waals surface area contributed by atoms with Crippen molar-refractivity contribution in [3.63, 3.8) is 0 Å². The second-order valence-corrected chi connectivity index (χ2v) is 10.5. The number of carbonyl (C=O) groups excluding carboxylic acids is 2. The van der Waals surface area contributed by atoms with Gasteiger partial charge < -0.3 is 39.0 Å². The first-order valence-electron chi connectivity index (χ1n) is 12.1. The van der Waals surface area contributed by atoms with Gasteiger partial charge in [0.05, 0.1) is 59.5 Å². The van der Waals surface area contributed by atoms with Crippen LogP contribution in [0.15, 0.2) is 0 Å². The van der Waals surface area contributed by atoms with Gasteiger partial charge in [0.2, 0.25) is 11.8 Å². The normalized spacial score (nSPS) is 12.9. The van der Waals surface area contributed by atoms with Crippen LogP contribution in [0.4, 0.5) is 0 Å². The third-order valence-electron chi connectivity index (χ3n) is 4.42. The molecule has 208 valence electrons. The zero-order valence-electron chi connectivity index (χ0n) is 21.3. The summed E-state index contributed by atoms with van der Waals surface area (Å²) >= 11 is 1.65. The molecule has 0 aromatic carbocycles. The summed E-state index contributed by atoms with van der Waals surface area (Å²) in [4.78, 5) is 32.1. The summed E-state index contributed by atoms with van der Waals surface area (Å²) in [7, 11) is -3.37. The van der Waals surface area contributed by atoms with Gasteiger partial charge in [0.1, 0.15) is 0 Å². The number of amides is 2. The number of unbranched alkanes of at least 4 members (excludes halogenated alkanes) is 3. The van der Waals surface area contributed by atoms with Crippen LogP contribution in [0.3, 0.4) is 0 Å². The molecule has 0 saturated heterocycles. The molecule has 11 nitrogen and oxygen atoms in total. The maximum Gasteiger partial charge on any atom is 0.325 e. The molecule has 1 unspecified atom stereocenters. The van der Waals surface area contributed by atoms with Gasteiger partial charge in [-0.15, -0.1) is 0 Å².